The first-order valence-electron chi connectivity index (χ1n) is 7.94. The van der Waals surface area contributed by atoms with E-state index in [9.17, 15) is 9.59 Å². The number of fused-ring (bicyclic) bond motifs is 1. The number of rotatable bonds is 8. The smallest absolute Gasteiger partial charge is 0.223 e. The van der Waals surface area contributed by atoms with Crippen LogP contribution < -0.4 is 9.47 Å². The van der Waals surface area contributed by atoms with Crippen molar-refractivity contribution in [2.75, 3.05) is 19.8 Å². The number of ether oxygens (including phenoxy) is 2. The number of benzene rings is 1. The molecule has 1 aromatic rings. The number of aldehydes is 1. The van der Waals surface area contributed by atoms with Gasteiger partial charge in [-0.1, -0.05) is 19.1 Å². The molecule has 0 spiro atoms. The summed E-state index contributed by atoms with van der Waals surface area (Å²) < 4.78 is 11.2. The van der Waals surface area contributed by atoms with E-state index in [0.717, 1.165) is 11.8 Å². The maximum Gasteiger partial charge on any atom is 0.223 e. The van der Waals surface area contributed by atoms with Crippen LogP contribution in [0.25, 0.3) is 0 Å². The van der Waals surface area contributed by atoms with Gasteiger partial charge in [0.2, 0.25) is 5.91 Å². The number of para-hydroxylation sites is 1. The highest BCUT2D eigenvalue weighted by atomic mass is 16.6. The maximum absolute atomic E-state index is 12.3. The molecule has 1 aliphatic heterocycles. The van der Waals surface area contributed by atoms with Crippen LogP contribution in [0.15, 0.2) is 18.2 Å². The van der Waals surface area contributed by atoms with E-state index in [2.05, 4.69) is 0 Å². The van der Waals surface area contributed by atoms with Crippen LogP contribution in [0.3, 0.4) is 0 Å². The fourth-order valence-electron chi connectivity index (χ4n) is 2.63. The summed E-state index contributed by atoms with van der Waals surface area (Å²) in [6.07, 6.45) is 2.01. The molecule has 0 saturated carbocycles. The molecule has 1 amide bonds. The monoisotopic (exact) mass is 321 g/mol. The molecule has 1 atom stereocenters. The number of aliphatic hydroxyl groups is 1. The Bertz CT molecular complexity index is 546. The molecule has 0 saturated heterocycles. The fourth-order valence-corrected chi connectivity index (χ4v) is 2.63. The lowest BCUT2D eigenvalue weighted by Crippen LogP contribution is -2.40. The topological polar surface area (TPSA) is 76.1 Å². The zero-order valence-electron chi connectivity index (χ0n) is 13.4. The minimum Gasteiger partial charge on any atom is -0.486 e. The number of carbonyl (C=O) groups excluding carboxylic acids is 2. The van der Waals surface area contributed by atoms with E-state index in [1.807, 2.05) is 18.2 Å². The van der Waals surface area contributed by atoms with Gasteiger partial charge in [-0.3, -0.25) is 4.79 Å². The minimum absolute atomic E-state index is 0.00379. The minimum atomic E-state index is -0.546. The molecule has 0 bridgehead atoms. The number of hydrogen-bond donors (Lipinski definition) is 1. The Morgan fingerprint density at radius 2 is 2.17 bits per heavy atom. The molecule has 1 heterocycles. The van der Waals surface area contributed by atoms with Crippen molar-refractivity contribution >= 4 is 12.2 Å². The molecule has 6 nitrogen and oxygen atoms in total. The number of hydrogen-bond acceptors (Lipinski definition) is 5. The van der Waals surface area contributed by atoms with E-state index < -0.39 is 6.04 Å². The van der Waals surface area contributed by atoms with Crippen molar-refractivity contribution < 1.29 is 24.2 Å². The number of carbonyl (C=O) groups is 2. The first-order chi connectivity index (χ1) is 11.2. The Kier molecular flexibility index (Phi) is 6.40. The molecule has 23 heavy (non-hydrogen) atoms. The number of nitrogens with zero attached hydrogens (tertiary/aromatic N) is 1. The lowest BCUT2D eigenvalue weighted by atomic mass is 10.1. The van der Waals surface area contributed by atoms with Gasteiger partial charge >= 0.3 is 0 Å². The quantitative estimate of drug-likeness (QED) is 0.735. The fraction of sp³-hybridized carbons (Fsp3) is 0.529. The van der Waals surface area contributed by atoms with Crippen molar-refractivity contribution in [3.05, 3.63) is 23.8 Å². The molecule has 0 aromatic heterocycles. The van der Waals surface area contributed by atoms with E-state index >= 15 is 0 Å². The average Bonchev–Trinajstić information content (AvgIpc) is 2.60. The molecule has 0 radical (unpaired) electrons. The maximum atomic E-state index is 12.3. The predicted molar refractivity (Wildman–Crippen MR) is 84.4 cm³/mol. The summed E-state index contributed by atoms with van der Waals surface area (Å²) in [5.74, 6) is 1.20. The molecule has 0 fully saturated rings. The Hall–Kier alpha value is -2.08. The van der Waals surface area contributed by atoms with Gasteiger partial charge < -0.3 is 24.3 Å². The van der Waals surface area contributed by atoms with Crippen LogP contribution in [0.2, 0.25) is 0 Å². The summed E-state index contributed by atoms with van der Waals surface area (Å²) in [6, 6.07) is 5.00. The second kappa shape index (κ2) is 8.53. The van der Waals surface area contributed by atoms with Crippen LogP contribution in [0.1, 0.15) is 31.7 Å². The second-order valence-corrected chi connectivity index (χ2v) is 5.39. The molecule has 1 N–H and O–H groups in total. The highest BCUT2D eigenvalue weighted by Crippen LogP contribution is 2.34. The highest BCUT2D eigenvalue weighted by molar-refractivity contribution is 5.79. The van der Waals surface area contributed by atoms with Gasteiger partial charge in [-0.15, -0.1) is 0 Å². The third-order valence-electron chi connectivity index (χ3n) is 3.83. The molecule has 1 aromatic carbocycles. The molecular formula is C17H23NO5. The standard InChI is InChI=1S/C17H23NO5/c1-2-16(21)18(14(12-20)6-4-8-19)11-13-5-3-7-15-17(13)23-10-9-22-15/h3,5,7,12,14,19H,2,4,6,8-11H2,1H3/t14-/m0/s1. The lowest BCUT2D eigenvalue weighted by Gasteiger charge is -2.30. The third-order valence-corrected chi connectivity index (χ3v) is 3.83. The van der Waals surface area contributed by atoms with Crippen LogP contribution in [-0.2, 0) is 16.1 Å². The van der Waals surface area contributed by atoms with Crippen molar-refractivity contribution in [2.45, 2.75) is 38.8 Å². The van der Waals surface area contributed by atoms with Crippen molar-refractivity contribution in [2.24, 2.45) is 0 Å². The van der Waals surface area contributed by atoms with E-state index in [-0.39, 0.29) is 19.1 Å². The molecule has 126 valence electrons. The average molecular weight is 321 g/mol. The second-order valence-electron chi connectivity index (χ2n) is 5.39. The Balaban J connectivity index is 2.24. The van der Waals surface area contributed by atoms with Crippen LogP contribution >= 0.6 is 0 Å². The number of aliphatic hydroxyl groups excluding tert-OH is 1. The zero-order chi connectivity index (χ0) is 16.7. The highest BCUT2D eigenvalue weighted by Gasteiger charge is 2.25. The summed E-state index contributed by atoms with van der Waals surface area (Å²) in [4.78, 5) is 25.3. The normalized spacial score (nSPS) is 14.2. The van der Waals surface area contributed by atoms with Crippen LogP contribution in [-0.4, -0.2) is 48.1 Å². The van der Waals surface area contributed by atoms with Crippen molar-refractivity contribution in [3.63, 3.8) is 0 Å². The summed E-state index contributed by atoms with van der Waals surface area (Å²) in [5, 5.41) is 8.98. The van der Waals surface area contributed by atoms with E-state index in [0.29, 0.717) is 44.0 Å². The van der Waals surface area contributed by atoms with Crippen LogP contribution in [0.5, 0.6) is 11.5 Å². The van der Waals surface area contributed by atoms with Gasteiger partial charge in [0, 0.05) is 18.6 Å². The Morgan fingerprint density at radius 3 is 2.87 bits per heavy atom. The SMILES string of the molecule is CCC(=O)N(Cc1cccc2c1OCCO2)[C@H](C=O)CCCO. The van der Waals surface area contributed by atoms with Crippen molar-refractivity contribution in [1.29, 1.82) is 0 Å². The van der Waals surface area contributed by atoms with E-state index in [4.69, 9.17) is 14.6 Å². The molecular weight excluding hydrogens is 298 g/mol. The zero-order valence-corrected chi connectivity index (χ0v) is 13.4. The number of amides is 1. The Morgan fingerprint density at radius 1 is 1.39 bits per heavy atom. The van der Waals surface area contributed by atoms with E-state index in [1.165, 1.54) is 0 Å². The van der Waals surface area contributed by atoms with Gasteiger partial charge in [0.15, 0.2) is 11.5 Å². The Labute approximate surface area is 136 Å². The van der Waals surface area contributed by atoms with E-state index in [1.54, 1.807) is 11.8 Å². The molecule has 6 heteroatoms. The first-order valence-corrected chi connectivity index (χ1v) is 7.94. The lowest BCUT2D eigenvalue weighted by molar-refractivity contribution is -0.137. The molecule has 1 aliphatic rings. The summed E-state index contributed by atoms with van der Waals surface area (Å²) in [5.41, 5.74) is 0.819. The van der Waals surface area contributed by atoms with Crippen molar-refractivity contribution in [1.82, 2.24) is 4.90 Å². The summed E-state index contributed by atoms with van der Waals surface area (Å²) >= 11 is 0. The molecule has 0 unspecified atom stereocenters. The third kappa shape index (κ3) is 4.22. The van der Waals surface area contributed by atoms with Gasteiger partial charge in [-0.05, 0) is 18.9 Å². The van der Waals surface area contributed by atoms with Crippen LogP contribution in [0.4, 0.5) is 0 Å². The largest absolute Gasteiger partial charge is 0.486 e. The molecule has 0 aliphatic carbocycles. The van der Waals surface area contributed by atoms with Gasteiger partial charge in [0.25, 0.3) is 0 Å². The van der Waals surface area contributed by atoms with Crippen LogP contribution in [0, 0.1) is 0 Å². The first kappa shape index (κ1) is 17.3. The van der Waals surface area contributed by atoms with Crippen molar-refractivity contribution in [3.8, 4) is 11.5 Å². The van der Waals surface area contributed by atoms with Gasteiger partial charge in [-0.25, -0.2) is 0 Å². The van der Waals surface area contributed by atoms with Gasteiger partial charge in [0.05, 0.1) is 12.6 Å². The molecule has 2 rings (SSSR count). The summed E-state index contributed by atoms with van der Waals surface area (Å²) in [7, 11) is 0. The van der Waals surface area contributed by atoms with Gasteiger partial charge in [-0.2, -0.15) is 0 Å². The predicted octanol–water partition coefficient (Wildman–Crippen LogP) is 1.54. The summed E-state index contributed by atoms with van der Waals surface area (Å²) in [6.45, 7) is 3.02. The van der Waals surface area contributed by atoms with Gasteiger partial charge in [0.1, 0.15) is 19.5 Å².